The van der Waals surface area contributed by atoms with Gasteiger partial charge < -0.3 is 4.84 Å². The van der Waals surface area contributed by atoms with E-state index in [0.29, 0.717) is 0 Å². The number of nitrogens with zero attached hydrogens (tertiary/aromatic N) is 2. The summed E-state index contributed by atoms with van der Waals surface area (Å²) < 4.78 is 0. The van der Waals surface area contributed by atoms with Gasteiger partial charge in [-0.25, -0.2) is 0 Å². The SMILES string of the molecule is O=C1\C=C/C=C\C=C/N=NNO/C=C\C(=O)/C=C\1. The molecule has 0 aromatic rings. The van der Waals surface area contributed by atoms with Crippen LogP contribution >= 0.6 is 0 Å². The zero-order valence-corrected chi connectivity index (χ0v) is 9.39. The molecule has 0 unspecified atom stereocenters. The Morgan fingerprint density at radius 1 is 0.889 bits per heavy atom. The number of hydrogen-bond acceptors (Lipinski definition) is 6. The molecule has 0 spiro atoms. The molecular formula is C12H11N3O3. The quantitative estimate of drug-likeness (QED) is 0.704. The van der Waals surface area contributed by atoms with Gasteiger partial charge >= 0.3 is 0 Å². The Labute approximate surface area is 104 Å². The highest BCUT2D eigenvalue weighted by Crippen LogP contribution is 1.88. The van der Waals surface area contributed by atoms with Gasteiger partial charge in [0.2, 0.25) is 0 Å². The fraction of sp³-hybridized carbons (Fsp3) is 0. The lowest BCUT2D eigenvalue weighted by Crippen LogP contribution is -2.00. The molecule has 1 heterocycles. The van der Waals surface area contributed by atoms with Gasteiger partial charge in [-0.3, -0.25) is 9.59 Å². The van der Waals surface area contributed by atoms with Gasteiger partial charge in [-0.05, 0) is 29.5 Å². The Hall–Kier alpha value is -2.76. The predicted octanol–water partition coefficient (Wildman–Crippen LogP) is 1.72. The van der Waals surface area contributed by atoms with Crippen molar-refractivity contribution in [1.29, 1.82) is 0 Å². The second-order valence-electron chi connectivity index (χ2n) is 2.95. The van der Waals surface area contributed by atoms with Gasteiger partial charge in [0.15, 0.2) is 11.6 Å². The third-order valence-electron chi connectivity index (χ3n) is 1.61. The molecule has 6 heteroatoms. The molecule has 0 aromatic carbocycles. The van der Waals surface area contributed by atoms with Crippen molar-refractivity contribution in [3.05, 3.63) is 61.1 Å². The molecule has 0 bridgehead atoms. The van der Waals surface area contributed by atoms with Gasteiger partial charge in [0, 0.05) is 6.08 Å². The van der Waals surface area contributed by atoms with Crippen LogP contribution in [0.25, 0.3) is 0 Å². The number of hydrogen-bond donors (Lipinski definition) is 1. The van der Waals surface area contributed by atoms with Gasteiger partial charge in [-0.15, -0.1) is 10.7 Å². The second-order valence-corrected chi connectivity index (χ2v) is 2.95. The van der Waals surface area contributed by atoms with Gasteiger partial charge in [0.1, 0.15) is 6.26 Å². The lowest BCUT2D eigenvalue weighted by Gasteiger charge is -1.92. The first-order valence-corrected chi connectivity index (χ1v) is 5.02. The molecule has 1 aliphatic heterocycles. The summed E-state index contributed by atoms with van der Waals surface area (Å²) in [7, 11) is 0. The zero-order valence-electron chi connectivity index (χ0n) is 9.39. The molecule has 0 aliphatic carbocycles. The van der Waals surface area contributed by atoms with Crippen molar-refractivity contribution in [2.45, 2.75) is 0 Å². The van der Waals surface area contributed by atoms with E-state index in [1.807, 2.05) is 0 Å². The van der Waals surface area contributed by atoms with Crippen molar-refractivity contribution in [3.8, 4) is 0 Å². The maximum atomic E-state index is 11.2. The molecule has 0 radical (unpaired) electrons. The Bertz CT molecular complexity index is 471. The van der Waals surface area contributed by atoms with Gasteiger partial charge in [0.05, 0.1) is 6.20 Å². The molecule has 92 valence electrons. The first kappa shape index (κ1) is 13.3. The number of rotatable bonds is 0. The van der Waals surface area contributed by atoms with E-state index in [9.17, 15) is 9.59 Å². The highest BCUT2D eigenvalue weighted by molar-refractivity contribution is 6.07. The summed E-state index contributed by atoms with van der Waals surface area (Å²) in [5.41, 5.74) is 2.14. The summed E-state index contributed by atoms with van der Waals surface area (Å²) >= 11 is 0. The van der Waals surface area contributed by atoms with Gasteiger partial charge in [-0.2, -0.15) is 0 Å². The first-order valence-electron chi connectivity index (χ1n) is 5.02. The average molecular weight is 245 g/mol. The fourth-order valence-electron chi connectivity index (χ4n) is 0.854. The molecule has 1 aliphatic rings. The molecule has 1 rings (SSSR count). The van der Waals surface area contributed by atoms with E-state index in [1.165, 1.54) is 18.4 Å². The summed E-state index contributed by atoms with van der Waals surface area (Å²) in [5, 5.41) is 6.99. The highest BCUT2D eigenvalue weighted by Gasteiger charge is 1.92. The molecule has 0 saturated heterocycles. The lowest BCUT2D eigenvalue weighted by atomic mass is 10.2. The van der Waals surface area contributed by atoms with E-state index in [-0.39, 0.29) is 11.6 Å². The van der Waals surface area contributed by atoms with Crippen LogP contribution in [0.3, 0.4) is 0 Å². The predicted molar refractivity (Wildman–Crippen MR) is 64.8 cm³/mol. The van der Waals surface area contributed by atoms with E-state index in [0.717, 1.165) is 18.4 Å². The smallest absolute Gasteiger partial charge is 0.181 e. The minimum Gasteiger partial charge on any atom is -0.371 e. The highest BCUT2D eigenvalue weighted by atomic mass is 16.7. The van der Waals surface area contributed by atoms with Crippen LogP contribution in [0.2, 0.25) is 0 Å². The minimum atomic E-state index is -0.377. The summed E-state index contributed by atoms with van der Waals surface area (Å²) in [6.45, 7) is 0. The van der Waals surface area contributed by atoms with Crippen LogP contribution < -0.4 is 5.59 Å². The van der Waals surface area contributed by atoms with Crippen LogP contribution in [0.4, 0.5) is 0 Å². The third kappa shape index (κ3) is 6.67. The summed E-state index contributed by atoms with van der Waals surface area (Å²) in [6, 6.07) is 0. The van der Waals surface area contributed by atoms with Crippen LogP contribution in [0.15, 0.2) is 71.4 Å². The Morgan fingerprint density at radius 2 is 1.61 bits per heavy atom. The van der Waals surface area contributed by atoms with E-state index < -0.39 is 0 Å². The van der Waals surface area contributed by atoms with Crippen LogP contribution in [0, 0.1) is 0 Å². The maximum Gasteiger partial charge on any atom is 0.181 e. The normalized spacial score (nSPS) is 25.6. The summed E-state index contributed by atoms with van der Waals surface area (Å²) in [5.74, 6) is -0.658. The molecular weight excluding hydrogens is 234 g/mol. The van der Waals surface area contributed by atoms with Crippen molar-refractivity contribution in [2.24, 2.45) is 10.3 Å². The van der Waals surface area contributed by atoms with Crippen LogP contribution in [0.5, 0.6) is 0 Å². The molecule has 0 saturated carbocycles. The Morgan fingerprint density at radius 3 is 2.44 bits per heavy atom. The lowest BCUT2D eigenvalue weighted by molar-refractivity contribution is -0.112. The van der Waals surface area contributed by atoms with E-state index in [4.69, 9.17) is 0 Å². The summed E-state index contributed by atoms with van der Waals surface area (Å²) in [4.78, 5) is 27.1. The van der Waals surface area contributed by atoms with E-state index in [1.54, 1.807) is 24.3 Å². The average Bonchev–Trinajstić information content (AvgIpc) is 2.36. The number of ketones is 2. The van der Waals surface area contributed by atoms with Crippen molar-refractivity contribution < 1.29 is 14.4 Å². The Kier molecular flexibility index (Phi) is 6.21. The summed E-state index contributed by atoms with van der Waals surface area (Å²) in [6.07, 6.45) is 13.8. The number of carbonyl (C=O) groups is 2. The molecule has 6 nitrogen and oxygen atoms in total. The number of nitrogens with one attached hydrogen (secondary N) is 1. The van der Waals surface area contributed by atoms with Crippen molar-refractivity contribution in [3.63, 3.8) is 0 Å². The van der Waals surface area contributed by atoms with Crippen molar-refractivity contribution in [2.75, 3.05) is 0 Å². The van der Waals surface area contributed by atoms with Crippen LogP contribution in [-0.2, 0) is 14.4 Å². The molecule has 0 fully saturated rings. The minimum absolute atomic E-state index is 0.281. The Balaban J connectivity index is 2.73. The molecule has 18 heavy (non-hydrogen) atoms. The standard InChI is InChI=1S/C12H11N3O3/c16-11-5-3-1-2-4-9-13-14-15-18-10-8-12(17)7-6-11/h1-10H,(H,13,15)/b2-1-,5-3-,7-6-,9-4-,10-8-. The fourth-order valence-corrected chi connectivity index (χ4v) is 0.854. The third-order valence-corrected chi connectivity index (χ3v) is 1.61. The second kappa shape index (κ2) is 8.40. The van der Waals surface area contributed by atoms with E-state index in [2.05, 4.69) is 20.8 Å². The van der Waals surface area contributed by atoms with Crippen molar-refractivity contribution >= 4 is 11.6 Å². The monoisotopic (exact) mass is 245 g/mol. The van der Waals surface area contributed by atoms with Crippen molar-refractivity contribution in [1.82, 2.24) is 5.59 Å². The van der Waals surface area contributed by atoms with Gasteiger partial charge in [-0.1, -0.05) is 18.2 Å². The number of allylic oxidation sites excluding steroid dienone is 8. The largest absolute Gasteiger partial charge is 0.371 e. The molecule has 0 atom stereocenters. The van der Waals surface area contributed by atoms with Gasteiger partial charge in [0.25, 0.3) is 0 Å². The maximum absolute atomic E-state index is 11.2. The van der Waals surface area contributed by atoms with Crippen LogP contribution in [0.1, 0.15) is 0 Å². The number of carbonyl (C=O) groups excluding carboxylic acids is 2. The molecule has 1 N–H and O–H groups in total. The molecule has 0 amide bonds. The molecule has 0 aromatic heterocycles. The van der Waals surface area contributed by atoms with Crippen LogP contribution in [-0.4, -0.2) is 11.6 Å². The first-order chi connectivity index (χ1) is 8.79. The zero-order chi connectivity index (χ0) is 13.1. The topological polar surface area (TPSA) is 80.1 Å². The van der Waals surface area contributed by atoms with E-state index >= 15 is 0 Å².